The van der Waals surface area contributed by atoms with Gasteiger partial charge in [0.15, 0.2) is 0 Å². The van der Waals surface area contributed by atoms with E-state index in [1.165, 1.54) is 32.4 Å². The van der Waals surface area contributed by atoms with Crippen LogP contribution in [0.25, 0.3) is 0 Å². The second-order valence-electron chi connectivity index (χ2n) is 8.38. The Balaban J connectivity index is 1.36. The van der Waals surface area contributed by atoms with Crippen LogP contribution in [-0.4, -0.2) is 39.0 Å². The number of esters is 1. The molecule has 2 aliphatic rings. The molecule has 1 unspecified atom stereocenters. The van der Waals surface area contributed by atoms with Crippen molar-refractivity contribution in [2.45, 2.75) is 10.5 Å². The number of carbonyl (C=O) groups excluding carboxylic acids is 1. The molecule has 0 saturated heterocycles. The summed E-state index contributed by atoms with van der Waals surface area (Å²) in [6.07, 6.45) is 0. The van der Waals surface area contributed by atoms with Crippen LogP contribution in [-0.2, 0) is 10.3 Å². The number of carbonyl (C=O) groups is 1. The molecule has 4 aromatic carbocycles. The van der Waals surface area contributed by atoms with E-state index in [4.69, 9.17) is 43.4 Å². The van der Waals surface area contributed by atoms with Gasteiger partial charge < -0.3 is 0 Å². The van der Waals surface area contributed by atoms with Gasteiger partial charge in [-0.05, 0) is 45.9 Å². The van der Waals surface area contributed by atoms with Crippen molar-refractivity contribution in [1.29, 1.82) is 0 Å². The van der Waals surface area contributed by atoms with Crippen LogP contribution in [0.3, 0.4) is 0 Å². The van der Waals surface area contributed by atoms with Crippen molar-refractivity contribution in [2.75, 3.05) is 0 Å². The SMILES string of the molecule is O=C1OC2(c3ccc(OC(=S)S[S][Pb])cc3Oc3cc(OC(=S)SSc4ccccc4)ccc32)c2ccccc21. The first kappa shape index (κ1) is 28.4. The maximum atomic E-state index is 13.1. The monoisotopic (exact) mass is 831 g/mol. The van der Waals surface area contributed by atoms with Crippen molar-refractivity contribution in [2.24, 2.45) is 0 Å². The van der Waals surface area contributed by atoms with E-state index in [-0.39, 0.29) is 0 Å². The van der Waals surface area contributed by atoms with Crippen molar-refractivity contribution in [3.63, 3.8) is 0 Å². The van der Waals surface area contributed by atoms with Crippen molar-refractivity contribution < 1.29 is 23.7 Å². The topological polar surface area (TPSA) is 54.0 Å². The van der Waals surface area contributed by atoms with Gasteiger partial charge in [0.25, 0.3) is 0 Å². The molecule has 0 saturated carbocycles. The Hall–Kier alpha value is -1.75. The standard InChI is InChI=1S/C28H16O5S6.Pb/c29-25-19-8-4-5-9-20(19)28(33-25)21-12-10-16(30-26(34)37-36)14-23(21)32-24-15-17(11-13-22(24)28)31-27(35)39-38-18-6-2-1-3-7-18;/h1-15,36H;/q;+1/p-1. The summed E-state index contributed by atoms with van der Waals surface area (Å²) in [6.45, 7) is 0. The predicted molar refractivity (Wildman–Crippen MR) is 172 cm³/mol. The maximum absolute atomic E-state index is 13.1. The van der Waals surface area contributed by atoms with E-state index in [1.54, 1.807) is 25.5 Å². The molecule has 0 aliphatic carbocycles. The van der Waals surface area contributed by atoms with Gasteiger partial charge in [0.1, 0.15) is 0 Å². The Labute approximate surface area is 271 Å². The molecular weight excluding hydrogens is 816 g/mol. The molecule has 4 aromatic rings. The third-order valence-electron chi connectivity index (χ3n) is 6.12. The second kappa shape index (κ2) is 12.2. The van der Waals surface area contributed by atoms with Gasteiger partial charge in [0.2, 0.25) is 4.38 Å². The van der Waals surface area contributed by atoms with Crippen LogP contribution in [0.5, 0.6) is 23.0 Å². The molecule has 2 heterocycles. The fraction of sp³-hybridized carbons (Fsp3) is 0.0357. The third kappa shape index (κ3) is 5.53. The molecule has 12 heteroatoms. The number of hydrogen-bond donors (Lipinski definition) is 0. The van der Waals surface area contributed by atoms with Crippen molar-refractivity contribution >= 4 is 103 Å². The number of rotatable bonds is 5. The van der Waals surface area contributed by atoms with Crippen LogP contribution in [0.1, 0.15) is 27.0 Å². The van der Waals surface area contributed by atoms with Crippen molar-refractivity contribution in [1.82, 2.24) is 0 Å². The Kier molecular flexibility index (Phi) is 8.68. The molecule has 0 amide bonds. The molecule has 5 nitrogen and oxygen atoms in total. The van der Waals surface area contributed by atoms with Gasteiger partial charge in [-0.15, -0.1) is 0 Å². The fourth-order valence-corrected chi connectivity index (χ4v) is 12.1. The first-order valence-electron chi connectivity index (χ1n) is 11.6. The number of benzene rings is 4. The second-order valence-corrected chi connectivity index (χ2v) is 19.4. The molecule has 40 heavy (non-hydrogen) atoms. The first-order valence-corrected chi connectivity index (χ1v) is 21.5. The Bertz CT molecular complexity index is 1650. The van der Waals surface area contributed by atoms with Gasteiger partial charge in [0, 0.05) is 4.90 Å². The Morgan fingerprint density at radius 3 is 2.00 bits per heavy atom. The molecule has 0 aromatic heterocycles. The number of fused-ring (bicyclic) bond motifs is 6. The molecule has 0 N–H and O–H groups in total. The minimum absolute atomic E-state index is 0.357. The number of hydrogen-bond acceptors (Lipinski definition) is 11. The zero-order valence-corrected chi connectivity index (χ0v) is 28.9. The van der Waals surface area contributed by atoms with Crippen molar-refractivity contribution in [3.8, 4) is 23.0 Å². The van der Waals surface area contributed by atoms with E-state index in [0.717, 1.165) is 34.7 Å². The predicted octanol–water partition coefficient (Wildman–Crippen LogP) is 8.49. The molecule has 0 fully saturated rings. The summed E-state index contributed by atoms with van der Waals surface area (Å²) in [5.41, 5.74) is 1.46. The first-order chi connectivity index (χ1) is 19.5. The van der Waals surface area contributed by atoms with Gasteiger partial charge >= 0.3 is 194 Å². The summed E-state index contributed by atoms with van der Waals surface area (Å²) in [5, 5.41) is 0. The van der Waals surface area contributed by atoms with Crippen molar-refractivity contribution in [3.05, 3.63) is 113 Å². The zero-order valence-electron chi connectivity index (χ0n) is 20.2. The summed E-state index contributed by atoms with van der Waals surface area (Å²) >= 11 is 11.7. The Morgan fingerprint density at radius 1 is 0.750 bits per heavy atom. The van der Waals surface area contributed by atoms with Crippen LogP contribution in [0, 0.1) is 0 Å². The van der Waals surface area contributed by atoms with Crippen LogP contribution in [0.2, 0.25) is 0 Å². The van der Waals surface area contributed by atoms with Gasteiger partial charge in [-0.3, -0.25) is 0 Å². The van der Waals surface area contributed by atoms with Gasteiger partial charge in [-0.2, -0.15) is 0 Å². The fourth-order valence-electron chi connectivity index (χ4n) is 4.58. The van der Waals surface area contributed by atoms with E-state index < -0.39 is 11.6 Å². The molecule has 6 rings (SSSR count). The average molecular weight is 831 g/mol. The van der Waals surface area contributed by atoms with E-state index >= 15 is 0 Å². The quantitative estimate of drug-likeness (QED) is 0.0843. The van der Waals surface area contributed by atoms with Gasteiger partial charge in [-0.25, -0.2) is 0 Å². The van der Waals surface area contributed by atoms with Crippen LogP contribution in [0.15, 0.2) is 95.9 Å². The van der Waals surface area contributed by atoms with Crippen LogP contribution >= 0.6 is 64.2 Å². The minimum atomic E-state index is -1.19. The van der Waals surface area contributed by atoms with E-state index in [9.17, 15) is 4.79 Å². The normalized spacial score (nSPS) is 16.3. The van der Waals surface area contributed by atoms with Crippen LogP contribution in [0.4, 0.5) is 0 Å². The molecular formula is C28H15O5PbS6. The molecule has 1 spiro atoms. The molecule has 1 atom stereocenters. The summed E-state index contributed by atoms with van der Waals surface area (Å²) in [4.78, 5) is 14.2. The summed E-state index contributed by atoms with van der Waals surface area (Å²) in [7, 11) is 5.93. The molecule has 0 bridgehead atoms. The van der Waals surface area contributed by atoms with Gasteiger partial charge in [-0.1, -0.05) is 24.3 Å². The molecule has 3 radical (unpaired) electrons. The summed E-state index contributed by atoms with van der Waals surface area (Å²) < 4.78 is 25.2. The molecule has 197 valence electrons. The number of ether oxygens (including phenoxy) is 4. The zero-order chi connectivity index (χ0) is 27.7. The summed E-state index contributed by atoms with van der Waals surface area (Å²) in [6, 6.07) is 28.2. The van der Waals surface area contributed by atoms with E-state index in [1.807, 2.05) is 72.8 Å². The third-order valence-corrected chi connectivity index (χ3v) is 13.4. The van der Waals surface area contributed by atoms with E-state index in [0.29, 0.717) is 48.5 Å². The van der Waals surface area contributed by atoms with Gasteiger partial charge in [0.05, 0.1) is 0 Å². The summed E-state index contributed by atoms with van der Waals surface area (Å²) in [5.74, 6) is 1.63. The van der Waals surface area contributed by atoms with E-state index in [2.05, 4.69) is 0 Å². The average Bonchev–Trinajstić information content (AvgIpc) is 3.25. The van der Waals surface area contributed by atoms with Crippen LogP contribution < -0.4 is 14.2 Å². The Morgan fingerprint density at radius 2 is 1.35 bits per heavy atom. The number of thiocarbonyl (C=S) groups is 2. The molecule has 2 aliphatic heterocycles.